The minimum atomic E-state index is -0.565. The number of rotatable bonds is 3. The lowest BCUT2D eigenvalue weighted by atomic mass is 10.1. The highest BCUT2D eigenvalue weighted by Gasteiger charge is 2.26. The summed E-state index contributed by atoms with van der Waals surface area (Å²) in [6, 6.07) is 14.6. The highest BCUT2D eigenvalue weighted by Crippen LogP contribution is 2.31. The zero-order chi connectivity index (χ0) is 18.8. The molecule has 1 N–H and O–H groups in total. The Balaban J connectivity index is 1.54. The molecule has 1 aromatic heterocycles. The van der Waals surface area contributed by atoms with Gasteiger partial charge in [0, 0.05) is 30.3 Å². The molecule has 3 aromatic rings. The summed E-state index contributed by atoms with van der Waals surface area (Å²) in [6.07, 6.45) is 3.85. The van der Waals surface area contributed by atoms with Crippen LogP contribution in [0.2, 0.25) is 0 Å². The van der Waals surface area contributed by atoms with E-state index in [0.717, 1.165) is 11.3 Å². The van der Waals surface area contributed by atoms with Gasteiger partial charge in [0.1, 0.15) is 5.82 Å². The number of amides is 2. The average Bonchev–Trinajstić information content (AvgIpc) is 3.11. The van der Waals surface area contributed by atoms with Gasteiger partial charge >= 0.3 is 0 Å². The Morgan fingerprint density at radius 1 is 1.07 bits per heavy atom. The summed E-state index contributed by atoms with van der Waals surface area (Å²) in [5.41, 5.74) is 2.86. The zero-order valence-corrected chi connectivity index (χ0v) is 14.4. The van der Waals surface area contributed by atoms with E-state index in [1.54, 1.807) is 47.6 Å². The van der Waals surface area contributed by atoms with Gasteiger partial charge in [0.2, 0.25) is 0 Å². The average molecular weight is 361 g/mol. The molecule has 0 radical (unpaired) electrons. The first-order valence-electron chi connectivity index (χ1n) is 8.54. The van der Waals surface area contributed by atoms with E-state index in [1.807, 2.05) is 6.07 Å². The SMILES string of the molecule is O=C(Nc1ccc2c(c1)CCN2C(=O)c1cccnc1)c1ccccc1F. The van der Waals surface area contributed by atoms with Gasteiger partial charge in [-0.25, -0.2) is 4.39 Å². The van der Waals surface area contributed by atoms with Gasteiger partial charge in [-0.15, -0.1) is 0 Å². The fraction of sp³-hybridized carbons (Fsp3) is 0.0952. The number of benzene rings is 2. The van der Waals surface area contributed by atoms with Crippen LogP contribution in [0.5, 0.6) is 0 Å². The third-order valence-corrected chi connectivity index (χ3v) is 4.51. The van der Waals surface area contributed by atoms with Gasteiger partial charge in [0.05, 0.1) is 11.1 Å². The topological polar surface area (TPSA) is 62.3 Å². The molecule has 0 atom stereocenters. The molecule has 2 amide bonds. The molecule has 2 heterocycles. The minimum Gasteiger partial charge on any atom is -0.322 e. The lowest BCUT2D eigenvalue weighted by Crippen LogP contribution is -2.28. The molecule has 1 aliphatic rings. The summed E-state index contributed by atoms with van der Waals surface area (Å²) in [5.74, 6) is -1.18. The molecule has 0 saturated carbocycles. The minimum absolute atomic E-state index is 0.00798. The normalized spacial score (nSPS) is 12.6. The zero-order valence-electron chi connectivity index (χ0n) is 14.4. The lowest BCUT2D eigenvalue weighted by Gasteiger charge is -2.17. The number of carbonyl (C=O) groups is 2. The van der Waals surface area contributed by atoms with Crippen molar-refractivity contribution >= 4 is 23.2 Å². The summed E-state index contributed by atoms with van der Waals surface area (Å²) < 4.78 is 13.8. The quantitative estimate of drug-likeness (QED) is 0.774. The molecule has 4 rings (SSSR count). The second-order valence-electron chi connectivity index (χ2n) is 6.23. The molecular weight excluding hydrogens is 345 g/mol. The molecule has 0 unspecified atom stereocenters. The van der Waals surface area contributed by atoms with Crippen LogP contribution in [0.25, 0.3) is 0 Å². The second kappa shape index (κ2) is 6.99. The van der Waals surface area contributed by atoms with Crippen molar-refractivity contribution in [1.82, 2.24) is 4.98 Å². The maximum Gasteiger partial charge on any atom is 0.259 e. The second-order valence-corrected chi connectivity index (χ2v) is 6.23. The van der Waals surface area contributed by atoms with Crippen LogP contribution in [-0.2, 0) is 6.42 Å². The summed E-state index contributed by atoms with van der Waals surface area (Å²) >= 11 is 0. The van der Waals surface area contributed by atoms with Crippen molar-refractivity contribution in [1.29, 1.82) is 0 Å². The van der Waals surface area contributed by atoms with E-state index in [0.29, 0.717) is 24.2 Å². The van der Waals surface area contributed by atoms with Crippen LogP contribution in [0.3, 0.4) is 0 Å². The summed E-state index contributed by atoms with van der Waals surface area (Å²) in [7, 11) is 0. The number of nitrogens with one attached hydrogen (secondary N) is 1. The summed E-state index contributed by atoms with van der Waals surface area (Å²) in [6.45, 7) is 0.563. The van der Waals surface area contributed by atoms with Crippen LogP contribution in [0.15, 0.2) is 67.0 Å². The number of anilines is 2. The Bertz CT molecular complexity index is 1020. The molecule has 0 spiro atoms. The molecule has 0 fully saturated rings. The van der Waals surface area contributed by atoms with Crippen molar-refractivity contribution in [3.05, 3.63) is 89.5 Å². The Morgan fingerprint density at radius 2 is 1.93 bits per heavy atom. The smallest absolute Gasteiger partial charge is 0.259 e. The Kier molecular flexibility index (Phi) is 4.38. The first-order valence-corrected chi connectivity index (χ1v) is 8.54. The fourth-order valence-electron chi connectivity index (χ4n) is 3.18. The van der Waals surface area contributed by atoms with Crippen molar-refractivity contribution in [2.45, 2.75) is 6.42 Å². The van der Waals surface area contributed by atoms with E-state index >= 15 is 0 Å². The Morgan fingerprint density at radius 3 is 2.70 bits per heavy atom. The van der Waals surface area contributed by atoms with Gasteiger partial charge in [-0.05, 0) is 54.4 Å². The van der Waals surface area contributed by atoms with Crippen LogP contribution in [-0.4, -0.2) is 23.3 Å². The maximum absolute atomic E-state index is 13.8. The fourth-order valence-corrected chi connectivity index (χ4v) is 3.18. The molecule has 134 valence electrons. The van der Waals surface area contributed by atoms with E-state index in [9.17, 15) is 14.0 Å². The number of hydrogen-bond donors (Lipinski definition) is 1. The number of pyridine rings is 1. The van der Waals surface area contributed by atoms with E-state index in [2.05, 4.69) is 10.3 Å². The highest BCUT2D eigenvalue weighted by molar-refractivity contribution is 6.08. The molecular formula is C21H16FN3O2. The number of nitrogens with zero attached hydrogens (tertiary/aromatic N) is 2. The summed E-state index contributed by atoms with van der Waals surface area (Å²) in [5, 5.41) is 2.71. The van der Waals surface area contributed by atoms with Crippen LogP contribution in [0.1, 0.15) is 26.3 Å². The van der Waals surface area contributed by atoms with Gasteiger partial charge in [0.15, 0.2) is 0 Å². The number of fused-ring (bicyclic) bond motifs is 1. The Labute approximate surface area is 155 Å². The molecule has 0 bridgehead atoms. The van der Waals surface area contributed by atoms with Gasteiger partial charge in [-0.1, -0.05) is 12.1 Å². The maximum atomic E-state index is 13.8. The molecule has 0 saturated heterocycles. The number of hydrogen-bond acceptors (Lipinski definition) is 3. The van der Waals surface area contributed by atoms with Crippen molar-refractivity contribution in [2.75, 3.05) is 16.8 Å². The highest BCUT2D eigenvalue weighted by atomic mass is 19.1. The number of carbonyl (C=O) groups excluding carboxylic acids is 2. The molecule has 27 heavy (non-hydrogen) atoms. The predicted octanol–water partition coefficient (Wildman–Crippen LogP) is 3.68. The molecule has 1 aliphatic heterocycles. The third kappa shape index (κ3) is 3.29. The molecule has 2 aromatic carbocycles. The van der Waals surface area contributed by atoms with Gasteiger partial charge in [0.25, 0.3) is 11.8 Å². The van der Waals surface area contributed by atoms with Crippen LogP contribution in [0.4, 0.5) is 15.8 Å². The first kappa shape index (κ1) is 16.9. The van der Waals surface area contributed by atoms with E-state index in [-0.39, 0.29) is 11.5 Å². The number of halogens is 1. The van der Waals surface area contributed by atoms with E-state index in [4.69, 9.17) is 0 Å². The first-order chi connectivity index (χ1) is 13.1. The largest absolute Gasteiger partial charge is 0.322 e. The van der Waals surface area contributed by atoms with E-state index in [1.165, 1.54) is 18.2 Å². The lowest BCUT2D eigenvalue weighted by molar-refractivity contribution is 0.0987. The van der Waals surface area contributed by atoms with Crippen molar-refractivity contribution < 1.29 is 14.0 Å². The predicted molar refractivity (Wildman–Crippen MR) is 100 cm³/mol. The van der Waals surface area contributed by atoms with Gasteiger partial charge in [-0.3, -0.25) is 14.6 Å². The van der Waals surface area contributed by atoms with Gasteiger partial charge in [-0.2, -0.15) is 0 Å². The van der Waals surface area contributed by atoms with Crippen LogP contribution < -0.4 is 10.2 Å². The number of aromatic nitrogens is 1. The molecule has 5 nitrogen and oxygen atoms in total. The monoisotopic (exact) mass is 361 g/mol. The summed E-state index contributed by atoms with van der Waals surface area (Å²) in [4.78, 5) is 30.6. The van der Waals surface area contributed by atoms with Crippen molar-refractivity contribution in [3.8, 4) is 0 Å². The van der Waals surface area contributed by atoms with Crippen LogP contribution >= 0.6 is 0 Å². The molecule has 0 aliphatic carbocycles. The van der Waals surface area contributed by atoms with Crippen molar-refractivity contribution in [2.24, 2.45) is 0 Å². The Hall–Kier alpha value is -3.54. The standard InChI is InChI=1S/C21H16FN3O2/c22-18-6-2-1-5-17(18)20(26)24-16-7-8-19-14(12-16)9-11-25(19)21(27)15-4-3-10-23-13-15/h1-8,10,12-13H,9,11H2,(H,24,26). The third-order valence-electron chi connectivity index (χ3n) is 4.51. The van der Waals surface area contributed by atoms with Crippen molar-refractivity contribution in [3.63, 3.8) is 0 Å². The molecule has 6 heteroatoms. The van der Waals surface area contributed by atoms with E-state index < -0.39 is 11.7 Å². The van der Waals surface area contributed by atoms with Crippen LogP contribution in [0, 0.1) is 5.82 Å². The van der Waals surface area contributed by atoms with Gasteiger partial charge < -0.3 is 10.2 Å².